The summed E-state index contributed by atoms with van der Waals surface area (Å²) < 4.78 is 5.16. The van der Waals surface area contributed by atoms with Gasteiger partial charge in [-0.1, -0.05) is 0 Å². The van der Waals surface area contributed by atoms with Gasteiger partial charge in [-0.05, 0) is 38.1 Å². The Hall–Kier alpha value is -2.34. The number of amidine groups is 1. The third kappa shape index (κ3) is 2.82. The summed E-state index contributed by atoms with van der Waals surface area (Å²) in [4.78, 5) is 6.47. The highest BCUT2D eigenvalue weighted by Crippen LogP contribution is 2.33. The molecule has 0 atom stereocenters. The van der Waals surface area contributed by atoms with Crippen molar-refractivity contribution in [3.63, 3.8) is 0 Å². The zero-order valence-electron chi connectivity index (χ0n) is 13.3. The molecule has 3 rings (SSSR count). The van der Waals surface area contributed by atoms with E-state index in [1.165, 1.54) is 11.3 Å². The van der Waals surface area contributed by atoms with Crippen molar-refractivity contribution < 1.29 is 9.84 Å². The number of nitrogens with zero attached hydrogens (tertiary/aromatic N) is 2. The number of benzene rings is 1. The predicted molar refractivity (Wildman–Crippen MR) is 93.2 cm³/mol. The Kier molecular flexibility index (Phi) is 4.09. The van der Waals surface area contributed by atoms with E-state index in [4.69, 9.17) is 10.1 Å². The van der Waals surface area contributed by atoms with Gasteiger partial charge in [-0.15, -0.1) is 11.3 Å². The summed E-state index contributed by atoms with van der Waals surface area (Å²) in [6.07, 6.45) is 0. The fourth-order valence-corrected chi connectivity index (χ4v) is 3.44. The van der Waals surface area contributed by atoms with Gasteiger partial charge in [-0.2, -0.15) is 0 Å². The molecule has 1 aliphatic heterocycles. The number of thiazole rings is 1. The Morgan fingerprint density at radius 1 is 1.30 bits per heavy atom. The van der Waals surface area contributed by atoms with E-state index in [2.05, 4.69) is 4.98 Å². The standard InChI is InChI=1S/C17H19N3O2S/c1-10(2)20-8-14(21)15(16(20)18)17-19-13(9-23-17)11-4-6-12(22-3)7-5-11/h4-7,9-10,18,21H,8H2,1-3H3. The first-order valence-corrected chi connectivity index (χ1v) is 8.27. The number of aliphatic hydroxyl groups excluding tert-OH is 1. The fraction of sp³-hybridized carbons (Fsp3) is 0.294. The predicted octanol–water partition coefficient (Wildman–Crippen LogP) is 3.79. The first-order chi connectivity index (χ1) is 11.0. The minimum absolute atomic E-state index is 0.170. The lowest BCUT2D eigenvalue weighted by atomic mass is 10.1. The molecule has 0 bridgehead atoms. The Bertz CT molecular complexity index is 762. The van der Waals surface area contributed by atoms with Crippen molar-refractivity contribution in [3.8, 4) is 17.0 Å². The number of aromatic nitrogens is 1. The van der Waals surface area contributed by atoms with E-state index in [1.54, 1.807) is 7.11 Å². The summed E-state index contributed by atoms with van der Waals surface area (Å²) >= 11 is 1.45. The van der Waals surface area contributed by atoms with Crippen molar-refractivity contribution in [1.29, 1.82) is 5.41 Å². The molecule has 2 heterocycles. The maximum absolute atomic E-state index is 10.2. The van der Waals surface area contributed by atoms with Crippen LogP contribution in [-0.2, 0) is 0 Å². The molecule has 23 heavy (non-hydrogen) atoms. The summed E-state index contributed by atoms with van der Waals surface area (Å²) in [6, 6.07) is 7.86. The van der Waals surface area contributed by atoms with Crippen LogP contribution in [0.4, 0.5) is 0 Å². The van der Waals surface area contributed by atoms with Crippen LogP contribution in [0.5, 0.6) is 5.75 Å². The molecular weight excluding hydrogens is 310 g/mol. The minimum Gasteiger partial charge on any atom is -0.510 e. The third-order valence-electron chi connectivity index (χ3n) is 3.86. The van der Waals surface area contributed by atoms with Crippen LogP contribution < -0.4 is 4.74 Å². The monoisotopic (exact) mass is 329 g/mol. The molecule has 0 aliphatic carbocycles. The number of nitrogens with one attached hydrogen (secondary N) is 1. The van der Waals surface area contributed by atoms with Crippen LogP contribution in [0.3, 0.4) is 0 Å². The molecule has 0 saturated heterocycles. The zero-order valence-corrected chi connectivity index (χ0v) is 14.1. The Morgan fingerprint density at radius 3 is 2.57 bits per heavy atom. The fourth-order valence-electron chi connectivity index (χ4n) is 2.55. The van der Waals surface area contributed by atoms with Crippen molar-refractivity contribution in [2.24, 2.45) is 0 Å². The summed E-state index contributed by atoms with van der Waals surface area (Å²) in [5.74, 6) is 1.36. The van der Waals surface area contributed by atoms with Crippen molar-refractivity contribution in [3.05, 3.63) is 40.4 Å². The number of hydrogen-bond donors (Lipinski definition) is 2. The highest BCUT2D eigenvalue weighted by Gasteiger charge is 2.31. The van der Waals surface area contributed by atoms with E-state index in [-0.39, 0.29) is 11.8 Å². The summed E-state index contributed by atoms with van der Waals surface area (Å²) in [5, 5.41) is 21.1. The number of hydrogen-bond acceptors (Lipinski definition) is 5. The molecule has 1 aromatic carbocycles. The summed E-state index contributed by atoms with van der Waals surface area (Å²) in [6.45, 7) is 4.40. The van der Waals surface area contributed by atoms with Crippen LogP contribution in [0.2, 0.25) is 0 Å². The van der Waals surface area contributed by atoms with Crippen molar-refractivity contribution in [1.82, 2.24) is 9.88 Å². The van der Waals surface area contributed by atoms with Crippen molar-refractivity contribution in [2.45, 2.75) is 19.9 Å². The van der Waals surface area contributed by atoms with Gasteiger partial charge in [0.2, 0.25) is 0 Å². The molecule has 120 valence electrons. The number of aliphatic hydroxyl groups is 1. The number of rotatable bonds is 4. The van der Waals surface area contributed by atoms with E-state index < -0.39 is 0 Å². The van der Waals surface area contributed by atoms with Crippen molar-refractivity contribution in [2.75, 3.05) is 13.7 Å². The maximum atomic E-state index is 10.2. The summed E-state index contributed by atoms with van der Waals surface area (Å²) in [7, 11) is 1.64. The second-order valence-corrected chi connectivity index (χ2v) is 6.52. The van der Waals surface area contributed by atoms with Gasteiger partial charge in [0.05, 0.1) is 24.9 Å². The molecule has 6 heteroatoms. The first-order valence-electron chi connectivity index (χ1n) is 7.39. The number of methoxy groups -OCH3 is 1. The molecule has 0 spiro atoms. The molecule has 5 nitrogen and oxygen atoms in total. The molecule has 0 fully saturated rings. The minimum atomic E-state index is 0.170. The van der Waals surface area contributed by atoms with Gasteiger partial charge in [0.1, 0.15) is 22.4 Å². The highest BCUT2D eigenvalue weighted by atomic mass is 32.1. The molecule has 1 aliphatic rings. The van der Waals surface area contributed by atoms with Crippen LogP contribution in [0.15, 0.2) is 35.4 Å². The largest absolute Gasteiger partial charge is 0.510 e. The average Bonchev–Trinajstić information content (AvgIpc) is 3.12. The first kappa shape index (κ1) is 15.6. The lowest BCUT2D eigenvalue weighted by Crippen LogP contribution is -2.33. The van der Waals surface area contributed by atoms with E-state index in [0.29, 0.717) is 23.0 Å². The van der Waals surface area contributed by atoms with Crippen LogP contribution in [0, 0.1) is 5.41 Å². The Labute approximate surface area is 139 Å². The molecular formula is C17H19N3O2S. The quantitative estimate of drug-likeness (QED) is 0.895. The van der Waals surface area contributed by atoms with Crippen LogP contribution in [-0.4, -0.2) is 40.5 Å². The molecule has 0 unspecified atom stereocenters. The zero-order chi connectivity index (χ0) is 16.6. The smallest absolute Gasteiger partial charge is 0.135 e. The van der Waals surface area contributed by atoms with Crippen LogP contribution in [0.25, 0.3) is 16.8 Å². The van der Waals surface area contributed by atoms with Gasteiger partial charge in [0.15, 0.2) is 0 Å². The van der Waals surface area contributed by atoms with Crippen LogP contribution >= 0.6 is 11.3 Å². The van der Waals surface area contributed by atoms with Gasteiger partial charge in [0, 0.05) is 17.0 Å². The topological polar surface area (TPSA) is 69.4 Å². The molecule has 1 aromatic heterocycles. The SMILES string of the molecule is COc1ccc(-c2csc(C3=C(O)CN(C(C)C)C3=N)n2)cc1. The molecule has 2 N–H and O–H groups in total. The van der Waals surface area contributed by atoms with E-state index in [0.717, 1.165) is 17.0 Å². The second kappa shape index (κ2) is 6.04. The number of ether oxygens (including phenoxy) is 1. The van der Waals surface area contributed by atoms with E-state index in [1.807, 2.05) is 48.4 Å². The second-order valence-electron chi connectivity index (χ2n) is 5.66. The van der Waals surface area contributed by atoms with E-state index >= 15 is 0 Å². The maximum Gasteiger partial charge on any atom is 0.135 e. The molecule has 0 radical (unpaired) electrons. The van der Waals surface area contributed by atoms with Gasteiger partial charge in [-0.3, -0.25) is 5.41 Å². The van der Waals surface area contributed by atoms with Crippen molar-refractivity contribution >= 4 is 22.7 Å². The van der Waals surface area contributed by atoms with E-state index in [9.17, 15) is 5.11 Å². The lowest BCUT2D eigenvalue weighted by Gasteiger charge is -2.22. The van der Waals surface area contributed by atoms with Gasteiger partial charge in [0.25, 0.3) is 0 Å². The molecule has 0 saturated carbocycles. The van der Waals surface area contributed by atoms with Gasteiger partial charge in [-0.25, -0.2) is 4.98 Å². The highest BCUT2D eigenvalue weighted by molar-refractivity contribution is 7.11. The molecule has 0 amide bonds. The van der Waals surface area contributed by atoms with Crippen LogP contribution in [0.1, 0.15) is 18.9 Å². The Morgan fingerprint density at radius 2 is 2.00 bits per heavy atom. The Balaban J connectivity index is 1.90. The van der Waals surface area contributed by atoms with Gasteiger partial charge >= 0.3 is 0 Å². The normalized spacial score (nSPS) is 15.0. The lowest BCUT2D eigenvalue weighted by molar-refractivity contribution is 0.318. The summed E-state index contributed by atoms with van der Waals surface area (Å²) in [5.41, 5.74) is 2.37. The molecule has 2 aromatic rings. The van der Waals surface area contributed by atoms with Gasteiger partial charge < -0.3 is 14.7 Å². The third-order valence-corrected chi connectivity index (χ3v) is 4.72. The average molecular weight is 329 g/mol.